The number of non-ortho nitro benzene ring substituents is 1. The quantitative estimate of drug-likeness (QED) is 0.641. The van der Waals surface area contributed by atoms with Crippen LogP contribution in [0.25, 0.3) is 0 Å². The number of carbonyl (C=O) groups excluding carboxylic acids is 1. The molecule has 0 bridgehead atoms. The number of nitrogens with zero attached hydrogens (tertiary/aromatic N) is 2. The normalized spacial score (nSPS) is 19.7. The zero-order valence-corrected chi connectivity index (χ0v) is 13.2. The van der Waals surface area contributed by atoms with E-state index in [0.29, 0.717) is 13.0 Å². The molecule has 0 saturated heterocycles. The maximum atomic E-state index is 12.9. The van der Waals surface area contributed by atoms with E-state index in [-0.39, 0.29) is 11.6 Å². The van der Waals surface area contributed by atoms with E-state index in [2.05, 4.69) is 0 Å². The predicted molar refractivity (Wildman–Crippen MR) is 88.6 cm³/mol. The number of hydrogen-bond donors (Lipinski definition) is 0. The molecule has 5 nitrogen and oxygen atoms in total. The summed E-state index contributed by atoms with van der Waals surface area (Å²) in [5.74, 6) is 0.0829. The smallest absolute Gasteiger partial charge is 0.269 e. The molecule has 2 aromatic rings. The lowest BCUT2D eigenvalue weighted by Gasteiger charge is -2.24. The van der Waals surface area contributed by atoms with Crippen LogP contribution in [0.1, 0.15) is 25.0 Å². The number of nitro benzene ring substituents is 1. The van der Waals surface area contributed by atoms with Crippen molar-refractivity contribution < 1.29 is 9.72 Å². The Morgan fingerprint density at radius 2 is 1.78 bits per heavy atom. The van der Waals surface area contributed by atoms with Crippen molar-refractivity contribution >= 4 is 17.3 Å². The molecular formula is C18H18N2O3. The number of para-hydroxylation sites is 1. The first-order valence-electron chi connectivity index (χ1n) is 7.62. The van der Waals surface area contributed by atoms with E-state index >= 15 is 0 Å². The third kappa shape index (κ3) is 2.38. The Balaban J connectivity index is 1.98. The standard InChI is InChI=1S/C18H18N2O3/c1-3-19-16-7-5-4-6-15(16)18(2,17(19)21)12-13-8-10-14(11-9-13)20(22)23/h4-11H,3,12H2,1-2H3/t18-/m0/s1. The number of rotatable bonds is 4. The molecule has 23 heavy (non-hydrogen) atoms. The van der Waals surface area contributed by atoms with Gasteiger partial charge in [0.05, 0.1) is 10.3 Å². The summed E-state index contributed by atoms with van der Waals surface area (Å²) in [7, 11) is 0. The van der Waals surface area contributed by atoms with Gasteiger partial charge in [-0.05, 0) is 37.5 Å². The van der Waals surface area contributed by atoms with E-state index in [1.807, 2.05) is 38.1 Å². The average Bonchev–Trinajstić information content (AvgIpc) is 2.76. The van der Waals surface area contributed by atoms with Crippen LogP contribution in [0.2, 0.25) is 0 Å². The van der Waals surface area contributed by atoms with Crippen molar-refractivity contribution in [2.75, 3.05) is 11.4 Å². The largest absolute Gasteiger partial charge is 0.312 e. The van der Waals surface area contributed by atoms with Crippen molar-refractivity contribution in [2.24, 2.45) is 0 Å². The maximum absolute atomic E-state index is 12.9. The van der Waals surface area contributed by atoms with Gasteiger partial charge in [0.1, 0.15) is 0 Å². The van der Waals surface area contributed by atoms with Crippen LogP contribution in [0, 0.1) is 10.1 Å². The Bertz CT molecular complexity index is 770. The molecule has 1 aliphatic heterocycles. The molecule has 0 aromatic heterocycles. The fourth-order valence-electron chi connectivity index (χ4n) is 3.33. The summed E-state index contributed by atoms with van der Waals surface area (Å²) in [6.07, 6.45) is 0.525. The summed E-state index contributed by atoms with van der Waals surface area (Å²) in [5, 5.41) is 10.8. The molecule has 2 aromatic carbocycles. The van der Waals surface area contributed by atoms with Gasteiger partial charge in [-0.3, -0.25) is 14.9 Å². The molecule has 0 saturated carbocycles. The molecule has 0 aliphatic carbocycles. The van der Waals surface area contributed by atoms with Crippen molar-refractivity contribution in [2.45, 2.75) is 25.7 Å². The summed E-state index contributed by atoms with van der Waals surface area (Å²) in [6.45, 7) is 4.54. The predicted octanol–water partition coefficient (Wildman–Crippen LogP) is 3.46. The highest BCUT2D eigenvalue weighted by Crippen LogP contribution is 2.43. The van der Waals surface area contributed by atoms with Gasteiger partial charge in [0.2, 0.25) is 5.91 Å². The number of benzene rings is 2. The number of hydrogen-bond acceptors (Lipinski definition) is 3. The number of fused-ring (bicyclic) bond motifs is 1. The topological polar surface area (TPSA) is 63.5 Å². The highest BCUT2D eigenvalue weighted by Gasteiger charge is 2.46. The van der Waals surface area contributed by atoms with Crippen LogP contribution in [0.4, 0.5) is 11.4 Å². The van der Waals surface area contributed by atoms with Gasteiger partial charge >= 0.3 is 0 Å². The van der Waals surface area contributed by atoms with Crippen LogP contribution in [-0.2, 0) is 16.6 Å². The molecule has 0 fully saturated rings. The van der Waals surface area contributed by atoms with Crippen LogP contribution in [0.15, 0.2) is 48.5 Å². The molecule has 118 valence electrons. The van der Waals surface area contributed by atoms with E-state index in [1.165, 1.54) is 12.1 Å². The first kappa shape index (κ1) is 15.2. The fourth-order valence-corrected chi connectivity index (χ4v) is 3.33. The number of carbonyl (C=O) groups is 1. The van der Waals surface area contributed by atoms with Gasteiger partial charge in [-0.15, -0.1) is 0 Å². The van der Waals surface area contributed by atoms with E-state index in [4.69, 9.17) is 0 Å². The molecule has 1 heterocycles. The third-order valence-electron chi connectivity index (χ3n) is 4.53. The lowest BCUT2D eigenvalue weighted by atomic mass is 9.78. The van der Waals surface area contributed by atoms with Gasteiger partial charge in [-0.25, -0.2) is 0 Å². The first-order chi connectivity index (χ1) is 11.0. The minimum atomic E-state index is -0.636. The van der Waals surface area contributed by atoms with Crippen LogP contribution in [0.5, 0.6) is 0 Å². The molecular weight excluding hydrogens is 292 g/mol. The summed E-state index contributed by atoms with van der Waals surface area (Å²) >= 11 is 0. The van der Waals surface area contributed by atoms with Crippen LogP contribution >= 0.6 is 0 Å². The average molecular weight is 310 g/mol. The number of nitro groups is 1. The van der Waals surface area contributed by atoms with Crippen molar-refractivity contribution in [1.29, 1.82) is 0 Å². The minimum Gasteiger partial charge on any atom is -0.312 e. The maximum Gasteiger partial charge on any atom is 0.269 e. The highest BCUT2D eigenvalue weighted by atomic mass is 16.6. The van der Waals surface area contributed by atoms with Gasteiger partial charge in [0, 0.05) is 24.4 Å². The Labute approximate surface area is 134 Å². The molecule has 0 unspecified atom stereocenters. The van der Waals surface area contributed by atoms with Gasteiger partial charge in [0.25, 0.3) is 5.69 Å². The Morgan fingerprint density at radius 3 is 2.39 bits per heavy atom. The first-order valence-corrected chi connectivity index (χ1v) is 7.62. The number of amides is 1. The van der Waals surface area contributed by atoms with Gasteiger partial charge in [-0.2, -0.15) is 0 Å². The molecule has 0 radical (unpaired) electrons. The molecule has 0 N–H and O–H groups in total. The summed E-state index contributed by atoms with van der Waals surface area (Å²) in [6, 6.07) is 14.3. The van der Waals surface area contributed by atoms with Gasteiger partial charge < -0.3 is 4.90 Å². The SMILES string of the molecule is CCN1C(=O)[C@@](C)(Cc2ccc([N+](=O)[O-])cc2)c2ccccc21. The van der Waals surface area contributed by atoms with Gasteiger partial charge in [-0.1, -0.05) is 30.3 Å². The van der Waals surface area contributed by atoms with Crippen LogP contribution in [-0.4, -0.2) is 17.4 Å². The summed E-state index contributed by atoms with van der Waals surface area (Å²) < 4.78 is 0. The Kier molecular flexibility index (Phi) is 3.64. The second-order valence-corrected chi connectivity index (χ2v) is 6.00. The zero-order chi connectivity index (χ0) is 16.6. The van der Waals surface area contributed by atoms with Crippen molar-refractivity contribution in [1.82, 2.24) is 0 Å². The lowest BCUT2D eigenvalue weighted by Crippen LogP contribution is -2.39. The fraction of sp³-hybridized carbons (Fsp3) is 0.278. The van der Waals surface area contributed by atoms with Crippen molar-refractivity contribution in [3.05, 3.63) is 69.8 Å². The lowest BCUT2D eigenvalue weighted by molar-refractivity contribution is -0.384. The number of likely N-dealkylation sites (N-methyl/N-ethyl adjacent to an activating group) is 1. The van der Waals surface area contributed by atoms with E-state index in [0.717, 1.165) is 16.8 Å². The van der Waals surface area contributed by atoms with Crippen LogP contribution in [0.3, 0.4) is 0 Å². The summed E-state index contributed by atoms with van der Waals surface area (Å²) in [5.41, 5.74) is 2.32. The van der Waals surface area contributed by atoms with E-state index in [1.54, 1.807) is 17.0 Å². The zero-order valence-electron chi connectivity index (χ0n) is 13.2. The highest BCUT2D eigenvalue weighted by molar-refractivity contribution is 6.08. The minimum absolute atomic E-state index is 0.0623. The molecule has 1 amide bonds. The van der Waals surface area contributed by atoms with Crippen molar-refractivity contribution in [3.63, 3.8) is 0 Å². The number of anilines is 1. The molecule has 1 atom stereocenters. The molecule has 5 heteroatoms. The summed E-state index contributed by atoms with van der Waals surface area (Å²) in [4.78, 5) is 25.1. The Morgan fingerprint density at radius 1 is 1.13 bits per heavy atom. The second-order valence-electron chi connectivity index (χ2n) is 6.00. The molecule has 3 rings (SSSR count). The van der Waals surface area contributed by atoms with Crippen LogP contribution < -0.4 is 4.90 Å². The molecule has 0 spiro atoms. The Hall–Kier alpha value is -2.69. The van der Waals surface area contributed by atoms with Crippen molar-refractivity contribution in [3.8, 4) is 0 Å². The van der Waals surface area contributed by atoms with Gasteiger partial charge in [0.15, 0.2) is 0 Å². The third-order valence-corrected chi connectivity index (χ3v) is 4.53. The molecule has 1 aliphatic rings. The monoisotopic (exact) mass is 310 g/mol. The van der Waals surface area contributed by atoms with E-state index < -0.39 is 10.3 Å². The van der Waals surface area contributed by atoms with E-state index in [9.17, 15) is 14.9 Å². The second kappa shape index (κ2) is 5.50.